The number of hydrogen-bond donors (Lipinski definition) is 0. The molecular weight excluding hydrogens is 128 g/mol. The van der Waals surface area contributed by atoms with Gasteiger partial charge in [0, 0.05) is 0 Å². The molecule has 2 aliphatic heterocycles. The normalized spacial score (nSPS) is 57.6. The maximum absolute atomic E-state index is 5.62. The first-order chi connectivity index (χ1) is 4.92. The molecule has 0 aromatic rings. The van der Waals surface area contributed by atoms with Crippen LogP contribution in [0.1, 0.15) is 25.7 Å². The van der Waals surface area contributed by atoms with E-state index in [2.05, 4.69) is 0 Å². The molecule has 0 aromatic heterocycles. The molecular formula is C8H12O2. The van der Waals surface area contributed by atoms with E-state index in [0.29, 0.717) is 12.2 Å². The van der Waals surface area contributed by atoms with Gasteiger partial charge >= 0.3 is 0 Å². The summed E-state index contributed by atoms with van der Waals surface area (Å²) in [5, 5.41) is 0. The monoisotopic (exact) mass is 140 g/mol. The number of rotatable bonds is 0. The third-order valence-corrected chi connectivity index (χ3v) is 3.13. The predicted molar refractivity (Wildman–Crippen MR) is 35.8 cm³/mol. The van der Waals surface area contributed by atoms with Crippen molar-refractivity contribution >= 4 is 0 Å². The van der Waals surface area contributed by atoms with E-state index < -0.39 is 0 Å². The highest BCUT2D eigenvalue weighted by Crippen LogP contribution is 2.53. The van der Waals surface area contributed by atoms with Crippen LogP contribution in [-0.2, 0) is 9.47 Å². The molecule has 1 aliphatic carbocycles. The second-order valence-electron chi connectivity index (χ2n) is 3.63. The third kappa shape index (κ3) is 0.487. The molecule has 3 atom stereocenters. The first kappa shape index (κ1) is 5.56. The molecule has 56 valence electrons. The second-order valence-corrected chi connectivity index (χ2v) is 3.63. The van der Waals surface area contributed by atoms with E-state index in [1.54, 1.807) is 0 Å². The molecule has 0 unspecified atom stereocenters. The maximum Gasteiger partial charge on any atom is 0.123 e. The van der Waals surface area contributed by atoms with E-state index >= 15 is 0 Å². The molecule has 1 spiro atoms. The van der Waals surface area contributed by atoms with Crippen molar-refractivity contribution in [2.24, 2.45) is 0 Å². The molecule has 10 heavy (non-hydrogen) atoms. The molecule has 2 heteroatoms. The van der Waals surface area contributed by atoms with Crippen molar-refractivity contribution in [2.45, 2.75) is 43.5 Å². The van der Waals surface area contributed by atoms with Crippen molar-refractivity contribution in [1.29, 1.82) is 0 Å². The zero-order chi connectivity index (χ0) is 6.60. The van der Waals surface area contributed by atoms with Gasteiger partial charge in [-0.3, -0.25) is 0 Å². The third-order valence-electron chi connectivity index (χ3n) is 3.13. The second kappa shape index (κ2) is 1.56. The fraction of sp³-hybridized carbons (Fsp3) is 1.00. The zero-order valence-electron chi connectivity index (χ0n) is 6.01. The van der Waals surface area contributed by atoms with Crippen LogP contribution in [0.15, 0.2) is 0 Å². The highest BCUT2D eigenvalue weighted by molar-refractivity contribution is 5.13. The Hall–Kier alpha value is -0.0800. The quantitative estimate of drug-likeness (QED) is 0.470. The number of hydrogen-bond acceptors (Lipinski definition) is 2. The van der Waals surface area contributed by atoms with Gasteiger partial charge in [0.15, 0.2) is 0 Å². The van der Waals surface area contributed by atoms with Crippen LogP contribution < -0.4 is 0 Å². The van der Waals surface area contributed by atoms with Gasteiger partial charge in [-0.25, -0.2) is 0 Å². The Bertz CT molecular complexity index is 169. The van der Waals surface area contributed by atoms with Crippen LogP contribution in [0.25, 0.3) is 0 Å². The molecule has 0 aromatic carbocycles. The number of epoxide rings is 1. The molecule has 2 nitrogen and oxygen atoms in total. The highest BCUT2D eigenvalue weighted by atomic mass is 16.7. The maximum atomic E-state index is 5.62. The first-order valence-corrected chi connectivity index (χ1v) is 4.21. The Balaban J connectivity index is 1.89. The van der Waals surface area contributed by atoms with Gasteiger partial charge in [-0.1, -0.05) is 12.8 Å². The summed E-state index contributed by atoms with van der Waals surface area (Å²) in [5.74, 6) is 0. The predicted octanol–water partition coefficient (Wildman–Crippen LogP) is 1.10. The van der Waals surface area contributed by atoms with E-state index in [-0.39, 0.29) is 5.60 Å². The van der Waals surface area contributed by atoms with E-state index in [1.165, 1.54) is 25.7 Å². The fourth-order valence-electron chi connectivity index (χ4n) is 2.47. The van der Waals surface area contributed by atoms with Crippen LogP contribution >= 0.6 is 0 Å². The van der Waals surface area contributed by atoms with Gasteiger partial charge in [-0.2, -0.15) is 0 Å². The van der Waals surface area contributed by atoms with E-state index in [0.717, 1.165) is 6.61 Å². The lowest BCUT2D eigenvalue weighted by atomic mass is 9.85. The van der Waals surface area contributed by atoms with Crippen molar-refractivity contribution in [3.05, 3.63) is 0 Å². The molecule has 3 aliphatic rings. The van der Waals surface area contributed by atoms with Crippen LogP contribution in [-0.4, -0.2) is 24.4 Å². The van der Waals surface area contributed by atoms with Crippen molar-refractivity contribution in [3.8, 4) is 0 Å². The summed E-state index contributed by atoms with van der Waals surface area (Å²) in [6.07, 6.45) is 6.11. The van der Waals surface area contributed by atoms with E-state index in [1.807, 2.05) is 0 Å². The average Bonchev–Trinajstić information content (AvgIpc) is 2.55. The van der Waals surface area contributed by atoms with Gasteiger partial charge in [0.2, 0.25) is 0 Å². The Labute approximate surface area is 60.5 Å². The van der Waals surface area contributed by atoms with Crippen LogP contribution in [0.5, 0.6) is 0 Å². The lowest BCUT2D eigenvalue weighted by molar-refractivity contribution is -0.0223. The minimum atomic E-state index is 0.234. The lowest BCUT2D eigenvalue weighted by Crippen LogP contribution is -2.31. The van der Waals surface area contributed by atoms with Crippen molar-refractivity contribution in [1.82, 2.24) is 0 Å². The summed E-state index contributed by atoms with van der Waals surface area (Å²) in [5.41, 5.74) is 0.234. The van der Waals surface area contributed by atoms with Crippen LogP contribution in [0.3, 0.4) is 0 Å². The van der Waals surface area contributed by atoms with Crippen LogP contribution in [0.2, 0.25) is 0 Å². The topological polar surface area (TPSA) is 21.8 Å². The number of ether oxygens (including phenoxy) is 2. The van der Waals surface area contributed by atoms with Gasteiger partial charge in [0.25, 0.3) is 0 Å². The van der Waals surface area contributed by atoms with Crippen molar-refractivity contribution in [2.75, 3.05) is 6.61 Å². The molecule has 1 saturated carbocycles. The smallest absolute Gasteiger partial charge is 0.123 e. The molecule has 0 N–H and O–H groups in total. The largest absolute Gasteiger partial charge is 0.372 e. The molecule has 0 bridgehead atoms. The molecule has 2 saturated heterocycles. The van der Waals surface area contributed by atoms with Gasteiger partial charge in [-0.05, 0) is 12.8 Å². The summed E-state index contributed by atoms with van der Waals surface area (Å²) in [6, 6.07) is 0. The standard InChI is InChI=1S/C8H12O2/c1-2-4-8-6(3-1)9-5-7(8)10-8/h6-7H,1-5H2/t6-,7-,8+/m0/s1. The summed E-state index contributed by atoms with van der Waals surface area (Å²) in [7, 11) is 0. The van der Waals surface area contributed by atoms with E-state index in [4.69, 9.17) is 9.47 Å². The lowest BCUT2D eigenvalue weighted by Gasteiger charge is -2.24. The van der Waals surface area contributed by atoms with Crippen molar-refractivity contribution in [3.63, 3.8) is 0 Å². The summed E-state index contributed by atoms with van der Waals surface area (Å²) in [4.78, 5) is 0. The Morgan fingerprint density at radius 3 is 3.00 bits per heavy atom. The Morgan fingerprint density at radius 1 is 1.20 bits per heavy atom. The molecule has 0 radical (unpaired) electrons. The summed E-state index contributed by atoms with van der Waals surface area (Å²) < 4.78 is 11.2. The minimum absolute atomic E-state index is 0.234. The molecule has 3 fully saturated rings. The van der Waals surface area contributed by atoms with Gasteiger partial charge in [0.05, 0.1) is 12.7 Å². The van der Waals surface area contributed by atoms with E-state index in [9.17, 15) is 0 Å². The summed E-state index contributed by atoms with van der Waals surface area (Å²) in [6.45, 7) is 0.866. The fourth-order valence-corrected chi connectivity index (χ4v) is 2.47. The Kier molecular flexibility index (Phi) is 0.868. The highest BCUT2D eigenvalue weighted by Gasteiger charge is 2.66. The summed E-state index contributed by atoms with van der Waals surface area (Å²) >= 11 is 0. The van der Waals surface area contributed by atoms with Gasteiger partial charge < -0.3 is 9.47 Å². The van der Waals surface area contributed by atoms with Crippen molar-refractivity contribution < 1.29 is 9.47 Å². The minimum Gasteiger partial charge on any atom is -0.372 e. The van der Waals surface area contributed by atoms with Crippen LogP contribution in [0, 0.1) is 0 Å². The molecule has 0 amide bonds. The molecule has 2 heterocycles. The molecule has 3 rings (SSSR count). The zero-order valence-corrected chi connectivity index (χ0v) is 6.01. The first-order valence-electron chi connectivity index (χ1n) is 4.21. The van der Waals surface area contributed by atoms with Gasteiger partial charge in [-0.15, -0.1) is 0 Å². The van der Waals surface area contributed by atoms with Gasteiger partial charge in [0.1, 0.15) is 11.7 Å². The van der Waals surface area contributed by atoms with Crippen LogP contribution in [0.4, 0.5) is 0 Å². The average molecular weight is 140 g/mol. The Morgan fingerprint density at radius 2 is 2.20 bits per heavy atom. The SMILES string of the molecule is C1CC[C@]23O[C@H]2CO[C@H]3C1.